The monoisotopic (exact) mass is 268 g/mol. The molecule has 1 aromatic rings. The summed E-state index contributed by atoms with van der Waals surface area (Å²) in [5.74, 6) is 1.14. The zero-order chi connectivity index (χ0) is 12.5. The van der Waals surface area contributed by atoms with Gasteiger partial charge in [0.2, 0.25) is 0 Å². The largest absolute Gasteiger partial charge is 0.125 e. The van der Waals surface area contributed by atoms with E-state index in [-0.39, 0.29) is 5.41 Å². The first-order valence-corrected chi connectivity index (χ1v) is 7.25. The lowest BCUT2D eigenvalue weighted by atomic mass is 9.77. The Morgan fingerprint density at radius 3 is 2.29 bits per heavy atom. The number of aryl methyl sites for hydroxylation is 1. The number of hydrogen-bond acceptors (Lipinski definition) is 0. The normalized spacial score (nSPS) is 16.8. The minimum atomic E-state index is -0.139. The molecule has 0 heterocycles. The Morgan fingerprint density at radius 1 is 1.06 bits per heavy atom. The fraction of sp³-hybridized carbons (Fsp3) is 0.467. The van der Waals surface area contributed by atoms with E-state index in [1.807, 2.05) is 0 Å². The highest BCUT2D eigenvalue weighted by molar-refractivity contribution is 6.23. The molecule has 0 aromatic heterocycles. The average molecular weight is 269 g/mol. The fourth-order valence-electron chi connectivity index (χ4n) is 2.89. The summed E-state index contributed by atoms with van der Waals surface area (Å²) in [7, 11) is 0. The number of benzene rings is 1. The molecule has 0 spiro atoms. The van der Waals surface area contributed by atoms with Crippen LogP contribution in [-0.2, 0) is 11.8 Å². The van der Waals surface area contributed by atoms with E-state index in [1.54, 1.807) is 0 Å². The molecule has 0 unspecified atom stereocenters. The molecular formula is C15H18Cl2. The van der Waals surface area contributed by atoms with E-state index in [9.17, 15) is 0 Å². The van der Waals surface area contributed by atoms with Crippen LogP contribution in [0.4, 0.5) is 0 Å². The highest BCUT2D eigenvalue weighted by Gasteiger charge is 2.40. The van der Waals surface area contributed by atoms with Crippen LogP contribution in [0.1, 0.15) is 37.0 Å². The molecule has 92 valence electrons. The summed E-state index contributed by atoms with van der Waals surface area (Å²) in [6.45, 7) is 4.37. The predicted molar refractivity (Wildman–Crippen MR) is 77.2 cm³/mol. The zero-order valence-electron chi connectivity index (χ0n) is 10.4. The third kappa shape index (κ3) is 1.82. The molecule has 0 nitrogen and oxygen atoms in total. The van der Waals surface area contributed by atoms with Crippen LogP contribution in [0.5, 0.6) is 0 Å². The van der Waals surface area contributed by atoms with Crippen molar-refractivity contribution in [3.63, 3.8) is 0 Å². The molecular weight excluding hydrogens is 251 g/mol. The molecule has 0 amide bonds. The van der Waals surface area contributed by atoms with Crippen LogP contribution < -0.4 is 0 Å². The van der Waals surface area contributed by atoms with Crippen LogP contribution in [0, 0.1) is 0 Å². The Kier molecular flexibility index (Phi) is 3.85. The van der Waals surface area contributed by atoms with Gasteiger partial charge in [-0.3, -0.25) is 0 Å². The predicted octanol–water partition coefficient (Wildman–Crippen LogP) is 4.77. The Labute approximate surface area is 114 Å². The molecule has 1 aliphatic rings. The van der Waals surface area contributed by atoms with E-state index < -0.39 is 0 Å². The number of hydrogen-bond donors (Lipinski definition) is 0. The van der Waals surface area contributed by atoms with Crippen molar-refractivity contribution >= 4 is 29.3 Å². The van der Waals surface area contributed by atoms with Gasteiger partial charge in [-0.15, -0.1) is 23.2 Å². The van der Waals surface area contributed by atoms with E-state index >= 15 is 0 Å². The summed E-state index contributed by atoms with van der Waals surface area (Å²) >= 11 is 12.5. The second-order valence-corrected chi connectivity index (χ2v) is 5.14. The number of rotatable bonds is 4. The topological polar surface area (TPSA) is 0 Å². The minimum Gasteiger partial charge on any atom is -0.125 e. The molecule has 2 heteroatoms. The van der Waals surface area contributed by atoms with Crippen molar-refractivity contribution in [2.75, 3.05) is 11.8 Å². The summed E-state index contributed by atoms with van der Waals surface area (Å²) in [6, 6.07) is 6.49. The van der Waals surface area contributed by atoms with E-state index in [0.717, 1.165) is 12.8 Å². The zero-order valence-corrected chi connectivity index (χ0v) is 11.9. The standard InChI is InChI=1S/C15H18Cl2/c1-3-11-6-5-7-12-8-13(4-2)15(9-16,10-17)14(11)12/h5-8H,3-4,9-10H2,1-2H3. The first kappa shape index (κ1) is 13.0. The Morgan fingerprint density at radius 2 is 1.76 bits per heavy atom. The maximum Gasteiger partial charge on any atom is 0.0444 e. The van der Waals surface area contributed by atoms with Crippen LogP contribution in [0.2, 0.25) is 0 Å². The highest BCUT2D eigenvalue weighted by atomic mass is 35.5. The number of alkyl halides is 2. The van der Waals surface area contributed by atoms with Gasteiger partial charge in [-0.05, 0) is 29.5 Å². The molecule has 0 aliphatic heterocycles. The number of allylic oxidation sites excluding steroid dienone is 1. The lowest BCUT2D eigenvalue weighted by molar-refractivity contribution is 0.626. The fourth-order valence-corrected chi connectivity index (χ4v) is 3.78. The van der Waals surface area contributed by atoms with E-state index in [0.29, 0.717) is 11.8 Å². The maximum atomic E-state index is 6.27. The van der Waals surface area contributed by atoms with Crippen molar-refractivity contribution in [2.45, 2.75) is 32.1 Å². The van der Waals surface area contributed by atoms with Gasteiger partial charge < -0.3 is 0 Å². The molecule has 1 aliphatic carbocycles. The second kappa shape index (κ2) is 5.04. The quantitative estimate of drug-likeness (QED) is 0.690. The molecule has 17 heavy (non-hydrogen) atoms. The molecule has 0 fully saturated rings. The third-order valence-corrected chi connectivity index (χ3v) is 4.74. The summed E-state index contributed by atoms with van der Waals surface area (Å²) in [6.07, 6.45) is 4.32. The lowest BCUT2D eigenvalue weighted by Crippen LogP contribution is -2.32. The van der Waals surface area contributed by atoms with Crippen LogP contribution in [0.25, 0.3) is 6.08 Å². The van der Waals surface area contributed by atoms with Gasteiger partial charge in [-0.1, -0.05) is 43.7 Å². The van der Waals surface area contributed by atoms with Gasteiger partial charge >= 0.3 is 0 Å². The van der Waals surface area contributed by atoms with Crippen molar-refractivity contribution in [2.24, 2.45) is 0 Å². The smallest absolute Gasteiger partial charge is 0.0444 e. The van der Waals surface area contributed by atoms with Gasteiger partial charge in [0.1, 0.15) is 0 Å². The minimum absolute atomic E-state index is 0.139. The van der Waals surface area contributed by atoms with Gasteiger partial charge in [0.25, 0.3) is 0 Å². The van der Waals surface area contributed by atoms with Gasteiger partial charge in [0, 0.05) is 17.2 Å². The number of halogens is 2. The summed E-state index contributed by atoms with van der Waals surface area (Å²) < 4.78 is 0. The van der Waals surface area contributed by atoms with Crippen LogP contribution in [0.15, 0.2) is 23.8 Å². The molecule has 0 atom stereocenters. The van der Waals surface area contributed by atoms with Gasteiger partial charge in [0.05, 0.1) is 0 Å². The SMILES string of the molecule is CCC1=Cc2cccc(CC)c2C1(CCl)CCl. The summed E-state index contributed by atoms with van der Waals surface area (Å²) in [4.78, 5) is 0. The Balaban J connectivity index is 2.66. The maximum absolute atomic E-state index is 6.27. The molecule has 0 radical (unpaired) electrons. The Bertz CT molecular complexity index is 442. The molecule has 0 saturated carbocycles. The lowest BCUT2D eigenvalue weighted by Gasteiger charge is -2.31. The molecule has 1 aromatic carbocycles. The summed E-state index contributed by atoms with van der Waals surface area (Å²) in [5, 5.41) is 0. The first-order chi connectivity index (χ1) is 8.23. The van der Waals surface area contributed by atoms with Gasteiger partial charge in [-0.2, -0.15) is 0 Å². The van der Waals surface area contributed by atoms with Gasteiger partial charge in [0.15, 0.2) is 0 Å². The van der Waals surface area contributed by atoms with Crippen molar-refractivity contribution in [3.05, 3.63) is 40.5 Å². The second-order valence-electron chi connectivity index (χ2n) is 4.61. The van der Waals surface area contributed by atoms with Gasteiger partial charge in [-0.25, -0.2) is 0 Å². The third-order valence-electron chi connectivity index (χ3n) is 3.82. The van der Waals surface area contributed by atoms with Crippen molar-refractivity contribution in [1.29, 1.82) is 0 Å². The molecule has 2 rings (SSSR count). The van der Waals surface area contributed by atoms with E-state index in [2.05, 4.69) is 38.1 Å². The molecule has 0 N–H and O–H groups in total. The number of fused-ring (bicyclic) bond motifs is 1. The van der Waals surface area contributed by atoms with E-state index in [4.69, 9.17) is 23.2 Å². The van der Waals surface area contributed by atoms with Crippen molar-refractivity contribution in [3.8, 4) is 0 Å². The van der Waals surface area contributed by atoms with Crippen molar-refractivity contribution in [1.82, 2.24) is 0 Å². The summed E-state index contributed by atoms with van der Waals surface area (Å²) in [5.41, 5.74) is 5.29. The highest BCUT2D eigenvalue weighted by Crippen LogP contribution is 2.46. The average Bonchev–Trinajstić information content (AvgIpc) is 2.72. The first-order valence-electron chi connectivity index (χ1n) is 6.18. The van der Waals surface area contributed by atoms with Crippen molar-refractivity contribution < 1.29 is 0 Å². The molecule has 0 bridgehead atoms. The van der Waals surface area contributed by atoms with Crippen LogP contribution in [-0.4, -0.2) is 11.8 Å². The van der Waals surface area contributed by atoms with E-state index in [1.165, 1.54) is 22.3 Å². The molecule has 0 saturated heterocycles. The Hall–Kier alpha value is -0.460. The van der Waals surface area contributed by atoms with Crippen LogP contribution in [0.3, 0.4) is 0 Å². The van der Waals surface area contributed by atoms with Crippen LogP contribution >= 0.6 is 23.2 Å².